The van der Waals surface area contributed by atoms with Crippen LogP contribution in [0.15, 0.2) is 48.5 Å². The van der Waals surface area contributed by atoms with Crippen molar-refractivity contribution >= 4 is 39.1 Å². The summed E-state index contributed by atoms with van der Waals surface area (Å²) in [6.07, 6.45) is 0. The van der Waals surface area contributed by atoms with Crippen molar-refractivity contribution in [2.75, 3.05) is 26.1 Å². The number of amides is 2. The van der Waals surface area contributed by atoms with Crippen LogP contribution in [0.1, 0.15) is 45.1 Å². The molecule has 2 heterocycles. The van der Waals surface area contributed by atoms with Crippen LogP contribution in [0.4, 0.5) is 5.69 Å². The first kappa shape index (κ1) is 25.2. The number of carbonyl (C=O) groups excluding carboxylic acids is 2. The summed E-state index contributed by atoms with van der Waals surface area (Å²) in [5.74, 6) is 0.713. The van der Waals surface area contributed by atoms with E-state index in [1.807, 2.05) is 49.0 Å². The van der Waals surface area contributed by atoms with Gasteiger partial charge in [-0.15, -0.1) is 11.3 Å². The Labute approximate surface area is 214 Å². The molecule has 2 aromatic heterocycles. The Morgan fingerprint density at radius 3 is 2.33 bits per heavy atom. The van der Waals surface area contributed by atoms with Crippen LogP contribution in [0.25, 0.3) is 10.2 Å². The van der Waals surface area contributed by atoms with Gasteiger partial charge in [0.25, 0.3) is 11.8 Å². The van der Waals surface area contributed by atoms with Crippen LogP contribution in [0, 0.1) is 6.92 Å². The van der Waals surface area contributed by atoms with Gasteiger partial charge in [0.15, 0.2) is 11.5 Å². The minimum absolute atomic E-state index is 0.0949. The fourth-order valence-electron chi connectivity index (χ4n) is 3.99. The van der Waals surface area contributed by atoms with Crippen molar-refractivity contribution in [2.24, 2.45) is 7.05 Å². The number of ether oxygens (including phenoxy) is 2. The molecule has 0 unspecified atom stereocenters. The maximum absolute atomic E-state index is 12.8. The Bertz CT molecular complexity index is 1390. The highest BCUT2D eigenvalue weighted by molar-refractivity contribution is 7.20. The Hall–Kier alpha value is -3.85. The molecule has 0 bridgehead atoms. The van der Waals surface area contributed by atoms with Crippen LogP contribution in [0.3, 0.4) is 0 Å². The highest BCUT2D eigenvalue weighted by Crippen LogP contribution is 2.30. The molecule has 0 atom stereocenters. The highest BCUT2D eigenvalue weighted by Gasteiger charge is 2.23. The first-order valence-corrected chi connectivity index (χ1v) is 12.3. The van der Waals surface area contributed by atoms with Gasteiger partial charge in [-0.3, -0.25) is 14.3 Å². The maximum Gasteiger partial charge on any atom is 0.261 e. The average molecular weight is 507 g/mol. The molecule has 0 radical (unpaired) electrons. The van der Waals surface area contributed by atoms with Crippen molar-refractivity contribution in [1.82, 2.24) is 15.1 Å². The zero-order valence-corrected chi connectivity index (χ0v) is 22.1. The third-order valence-corrected chi connectivity index (χ3v) is 7.38. The van der Waals surface area contributed by atoms with Crippen molar-refractivity contribution in [3.8, 4) is 11.5 Å². The van der Waals surface area contributed by atoms with E-state index in [1.165, 1.54) is 18.4 Å². The van der Waals surface area contributed by atoms with Gasteiger partial charge in [-0.05, 0) is 48.9 Å². The number of anilines is 1. The van der Waals surface area contributed by atoms with E-state index in [9.17, 15) is 9.59 Å². The van der Waals surface area contributed by atoms with E-state index >= 15 is 0 Å². The minimum atomic E-state index is -0.310. The number of rotatable bonds is 8. The van der Waals surface area contributed by atoms with Crippen molar-refractivity contribution in [3.63, 3.8) is 0 Å². The number of nitrogens with one attached hydrogen (secondary N) is 2. The minimum Gasteiger partial charge on any atom is -0.493 e. The number of aryl methyl sites for hydroxylation is 2. The van der Waals surface area contributed by atoms with Crippen molar-refractivity contribution < 1.29 is 19.1 Å². The van der Waals surface area contributed by atoms with E-state index in [4.69, 9.17) is 9.47 Å². The Balaban J connectivity index is 1.39. The monoisotopic (exact) mass is 506 g/mol. The van der Waals surface area contributed by atoms with Crippen molar-refractivity contribution in [3.05, 3.63) is 70.2 Å². The predicted molar refractivity (Wildman–Crippen MR) is 143 cm³/mol. The van der Waals surface area contributed by atoms with Crippen LogP contribution >= 0.6 is 11.3 Å². The summed E-state index contributed by atoms with van der Waals surface area (Å²) in [5, 5.41) is 11.4. The van der Waals surface area contributed by atoms with E-state index in [2.05, 4.69) is 29.6 Å². The number of benzene rings is 2. The normalized spacial score (nSPS) is 11.4. The summed E-state index contributed by atoms with van der Waals surface area (Å²) in [6, 6.07) is 14.6. The van der Waals surface area contributed by atoms with Gasteiger partial charge in [0, 0.05) is 35.6 Å². The summed E-state index contributed by atoms with van der Waals surface area (Å²) < 4.78 is 12.3. The first-order chi connectivity index (χ1) is 17.1. The summed E-state index contributed by atoms with van der Waals surface area (Å²) in [7, 11) is 4.97. The molecule has 188 valence electrons. The lowest BCUT2D eigenvalue weighted by Gasteiger charge is -2.26. The van der Waals surface area contributed by atoms with Crippen LogP contribution < -0.4 is 20.1 Å². The first-order valence-electron chi connectivity index (χ1n) is 11.5. The van der Waals surface area contributed by atoms with Gasteiger partial charge in [0.05, 0.1) is 24.8 Å². The Kier molecular flexibility index (Phi) is 7.03. The molecule has 4 aromatic rings. The standard InChI is InChI=1S/C27H30N4O4S/c1-16-20-14-23(36-26(20)31(4)30-16)25(33)28-15-27(2,3)18-8-10-19(11-9-18)29-24(32)17-7-12-21(34-5)22(13-17)35-6/h7-14H,15H2,1-6H3,(H,28,33)(H,29,32). The fourth-order valence-corrected chi connectivity index (χ4v) is 5.03. The number of thiophene rings is 1. The molecule has 2 amide bonds. The van der Waals surface area contributed by atoms with Crippen molar-refractivity contribution in [1.29, 1.82) is 0 Å². The van der Waals surface area contributed by atoms with Crippen LogP contribution in [0.2, 0.25) is 0 Å². The summed E-state index contributed by atoms with van der Waals surface area (Å²) in [6.45, 7) is 6.56. The molecule has 0 fully saturated rings. The molecule has 2 aromatic carbocycles. The zero-order chi connectivity index (χ0) is 26.0. The van der Waals surface area contributed by atoms with E-state index < -0.39 is 0 Å². The number of aromatic nitrogens is 2. The molecular formula is C27H30N4O4S. The number of hydrogen-bond acceptors (Lipinski definition) is 6. The average Bonchev–Trinajstić information content (AvgIpc) is 3.43. The lowest BCUT2D eigenvalue weighted by molar-refractivity contribution is 0.0949. The van der Waals surface area contributed by atoms with Gasteiger partial charge in [-0.2, -0.15) is 5.10 Å². The third-order valence-electron chi connectivity index (χ3n) is 6.18. The second-order valence-corrected chi connectivity index (χ2v) is 10.2. The van der Waals surface area contributed by atoms with E-state index in [1.54, 1.807) is 25.3 Å². The number of methoxy groups -OCH3 is 2. The van der Waals surface area contributed by atoms with E-state index in [0.717, 1.165) is 21.5 Å². The smallest absolute Gasteiger partial charge is 0.261 e. The molecule has 0 aliphatic carbocycles. The maximum atomic E-state index is 12.8. The molecule has 0 aliphatic heterocycles. The van der Waals surface area contributed by atoms with Crippen LogP contribution in [-0.4, -0.2) is 42.4 Å². The topological polar surface area (TPSA) is 94.5 Å². The number of hydrogen-bond donors (Lipinski definition) is 2. The summed E-state index contributed by atoms with van der Waals surface area (Å²) >= 11 is 1.44. The largest absolute Gasteiger partial charge is 0.493 e. The fraction of sp³-hybridized carbons (Fsp3) is 0.296. The lowest BCUT2D eigenvalue weighted by atomic mass is 9.84. The molecular weight excluding hydrogens is 476 g/mol. The van der Waals surface area contributed by atoms with Gasteiger partial charge < -0.3 is 20.1 Å². The molecule has 0 saturated heterocycles. The second kappa shape index (κ2) is 10.0. The molecule has 8 nitrogen and oxygen atoms in total. The van der Waals surface area contributed by atoms with E-state index in [-0.39, 0.29) is 17.2 Å². The van der Waals surface area contributed by atoms with Crippen LogP contribution in [0.5, 0.6) is 11.5 Å². The predicted octanol–water partition coefficient (Wildman–Crippen LogP) is 4.92. The van der Waals surface area contributed by atoms with Gasteiger partial charge >= 0.3 is 0 Å². The zero-order valence-electron chi connectivity index (χ0n) is 21.3. The molecule has 2 N–H and O–H groups in total. The van der Waals surface area contributed by atoms with Gasteiger partial charge in [0.2, 0.25) is 0 Å². The Morgan fingerprint density at radius 2 is 1.69 bits per heavy atom. The molecule has 9 heteroatoms. The molecule has 36 heavy (non-hydrogen) atoms. The molecule has 0 spiro atoms. The van der Waals surface area contributed by atoms with Crippen molar-refractivity contribution in [2.45, 2.75) is 26.2 Å². The molecule has 4 rings (SSSR count). The quantitative estimate of drug-likeness (QED) is 0.354. The number of carbonyl (C=O) groups is 2. The molecule has 0 saturated carbocycles. The van der Waals surface area contributed by atoms with E-state index in [0.29, 0.717) is 34.2 Å². The third kappa shape index (κ3) is 5.06. The molecule has 0 aliphatic rings. The number of fused-ring (bicyclic) bond motifs is 1. The lowest BCUT2D eigenvalue weighted by Crippen LogP contribution is -2.36. The second-order valence-electron chi connectivity index (χ2n) is 9.21. The SMILES string of the molecule is COc1ccc(C(=O)Nc2ccc(C(C)(C)CNC(=O)c3cc4c(C)nn(C)c4s3)cc2)cc1OC. The van der Waals surface area contributed by atoms with Crippen LogP contribution in [-0.2, 0) is 12.5 Å². The summed E-state index contributed by atoms with van der Waals surface area (Å²) in [4.78, 5) is 27.2. The van der Waals surface area contributed by atoms with Gasteiger partial charge in [-0.25, -0.2) is 0 Å². The number of nitrogens with zero attached hydrogens (tertiary/aromatic N) is 2. The highest BCUT2D eigenvalue weighted by atomic mass is 32.1. The van der Waals surface area contributed by atoms with Gasteiger partial charge in [0.1, 0.15) is 4.83 Å². The summed E-state index contributed by atoms with van der Waals surface area (Å²) in [5.41, 5.74) is 2.79. The Morgan fingerprint density at radius 1 is 1.00 bits per heavy atom. The van der Waals surface area contributed by atoms with Gasteiger partial charge in [-0.1, -0.05) is 26.0 Å².